The minimum absolute atomic E-state index is 0.300. The first-order valence-corrected chi connectivity index (χ1v) is 14.8. The number of rotatable bonds is 9. The minimum atomic E-state index is -0.300. The van der Waals surface area contributed by atoms with Crippen LogP contribution in [-0.4, -0.2) is 91.9 Å². The van der Waals surface area contributed by atoms with E-state index in [1.165, 1.54) is 4.88 Å². The molecule has 0 bridgehead atoms. The number of piperazine rings is 1. The standard InChI is InChI=1S/C26H32N8O3S2/c27-23(35)5-2-6-34-22-4-1-3-19(20(22)16-28-34)25-29-21-15-18(17-31-7-9-33(39-36)10-8-31)38-24(21)26(30-25)32-11-13-37-14-12-32/h1,3-4,15-16,36H,2,5-14,17H2,(H2,27,35). The molecule has 4 aromatic rings. The fraction of sp³-hybridized carbons (Fsp3) is 0.462. The van der Waals surface area contributed by atoms with E-state index in [4.69, 9.17) is 20.4 Å². The maximum absolute atomic E-state index is 11.2. The molecule has 11 nitrogen and oxygen atoms in total. The third-order valence-electron chi connectivity index (χ3n) is 7.26. The number of hydrogen-bond donors (Lipinski definition) is 2. The third kappa shape index (κ3) is 5.74. The van der Waals surface area contributed by atoms with Crippen molar-refractivity contribution >= 4 is 56.4 Å². The fourth-order valence-electron chi connectivity index (χ4n) is 5.22. The number of ether oxygens (including phenoxy) is 1. The number of thiophene rings is 1. The molecular formula is C26H32N8O3S2. The van der Waals surface area contributed by atoms with Crippen LogP contribution in [0.1, 0.15) is 17.7 Å². The molecule has 13 heteroatoms. The number of amides is 1. The van der Waals surface area contributed by atoms with Crippen molar-refractivity contribution < 1.29 is 14.1 Å². The predicted molar refractivity (Wildman–Crippen MR) is 155 cm³/mol. The summed E-state index contributed by atoms with van der Waals surface area (Å²) in [4.78, 5) is 27.4. The van der Waals surface area contributed by atoms with Gasteiger partial charge >= 0.3 is 0 Å². The first kappa shape index (κ1) is 26.4. The quantitative estimate of drug-likeness (QED) is 0.230. The molecule has 0 radical (unpaired) electrons. The first-order chi connectivity index (χ1) is 19.1. The second kappa shape index (κ2) is 11.7. The van der Waals surface area contributed by atoms with E-state index in [0.29, 0.717) is 38.4 Å². The monoisotopic (exact) mass is 568 g/mol. The molecule has 5 heterocycles. The number of anilines is 1. The van der Waals surface area contributed by atoms with Gasteiger partial charge in [-0.1, -0.05) is 12.1 Å². The zero-order valence-corrected chi connectivity index (χ0v) is 23.3. The lowest BCUT2D eigenvalue weighted by molar-refractivity contribution is -0.118. The zero-order valence-electron chi connectivity index (χ0n) is 21.7. The molecular weight excluding hydrogens is 536 g/mol. The molecule has 3 aromatic heterocycles. The highest BCUT2D eigenvalue weighted by Crippen LogP contribution is 2.36. The van der Waals surface area contributed by atoms with Crippen LogP contribution in [0.15, 0.2) is 30.5 Å². The number of carbonyl (C=O) groups is 1. The van der Waals surface area contributed by atoms with Crippen molar-refractivity contribution in [2.45, 2.75) is 25.9 Å². The average Bonchev–Trinajstić information content (AvgIpc) is 3.57. The number of nitrogens with two attached hydrogens (primary N) is 1. The molecule has 2 saturated heterocycles. The number of nitrogens with zero attached hydrogens (tertiary/aromatic N) is 7. The second-order valence-electron chi connectivity index (χ2n) is 9.86. The molecule has 0 unspecified atom stereocenters. The summed E-state index contributed by atoms with van der Waals surface area (Å²) in [6, 6.07) is 8.30. The number of benzene rings is 1. The Balaban J connectivity index is 1.35. The van der Waals surface area contributed by atoms with E-state index in [9.17, 15) is 9.35 Å². The van der Waals surface area contributed by atoms with Crippen LogP contribution in [0, 0.1) is 0 Å². The van der Waals surface area contributed by atoms with E-state index in [0.717, 1.165) is 90.5 Å². The normalized spacial score (nSPS) is 17.4. The van der Waals surface area contributed by atoms with Crippen molar-refractivity contribution in [2.24, 2.45) is 5.73 Å². The highest BCUT2D eigenvalue weighted by molar-refractivity contribution is 7.91. The molecule has 1 amide bonds. The van der Waals surface area contributed by atoms with Gasteiger partial charge in [0.1, 0.15) is 0 Å². The molecule has 2 aliphatic rings. The van der Waals surface area contributed by atoms with Gasteiger partial charge in [0, 0.05) is 74.6 Å². The van der Waals surface area contributed by atoms with Crippen LogP contribution in [-0.2, 0) is 22.6 Å². The molecule has 0 atom stereocenters. The van der Waals surface area contributed by atoms with Gasteiger partial charge in [0.05, 0.1) is 47.4 Å². The van der Waals surface area contributed by atoms with E-state index in [2.05, 4.69) is 21.0 Å². The van der Waals surface area contributed by atoms with E-state index in [-0.39, 0.29) is 5.91 Å². The first-order valence-electron chi connectivity index (χ1n) is 13.2. The summed E-state index contributed by atoms with van der Waals surface area (Å²) in [5.74, 6) is 1.34. The van der Waals surface area contributed by atoms with Crippen LogP contribution in [0.5, 0.6) is 0 Å². The predicted octanol–water partition coefficient (Wildman–Crippen LogP) is 3.05. The van der Waals surface area contributed by atoms with Crippen LogP contribution in [0.2, 0.25) is 0 Å². The summed E-state index contributed by atoms with van der Waals surface area (Å²) < 4.78 is 20.0. The average molecular weight is 569 g/mol. The molecule has 2 fully saturated rings. The molecule has 0 spiro atoms. The Morgan fingerprint density at radius 3 is 2.72 bits per heavy atom. The van der Waals surface area contributed by atoms with Crippen LogP contribution in [0.4, 0.5) is 5.82 Å². The summed E-state index contributed by atoms with van der Waals surface area (Å²) in [6.45, 7) is 7.94. The molecule has 0 saturated carbocycles. The lowest BCUT2D eigenvalue weighted by atomic mass is 10.1. The molecule has 0 aliphatic carbocycles. The summed E-state index contributed by atoms with van der Waals surface area (Å²) in [5.41, 5.74) is 8.20. The van der Waals surface area contributed by atoms with Crippen molar-refractivity contribution in [1.82, 2.24) is 29.0 Å². The highest BCUT2D eigenvalue weighted by atomic mass is 32.2. The summed E-state index contributed by atoms with van der Waals surface area (Å²) in [5, 5.41) is 5.58. The topological polar surface area (TPSA) is 126 Å². The molecule has 206 valence electrons. The molecule has 1 aromatic carbocycles. The number of aromatic nitrogens is 4. The summed E-state index contributed by atoms with van der Waals surface area (Å²) in [7, 11) is 0. The van der Waals surface area contributed by atoms with Crippen LogP contribution in [0.25, 0.3) is 32.5 Å². The smallest absolute Gasteiger partial charge is 0.217 e. The third-order valence-corrected chi connectivity index (χ3v) is 8.96. The highest BCUT2D eigenvalue weighted by Gasteiger charge is 2.23. The van der Waals surface area contributed by atoms with Crippen molar-refractivity contribution in [3.63, 3.8) is 0 Å². The van der Waals surface area contributed by atoms with Crippen molar-refractivity contribution in [3.05, 3.63) is 35.3 Å². The van der Waals surface area contributed by atoms with Crippen molar-refractivity contribution in [2.75, 3.05) is 57.4 Å². The van der Waals surface area contributed by atoms with Gasteiger partial charge in [-0.05, 0) is 18.6 Å². The van der Waals surface area contributed by atoms with E-state index < -0.39 is 0 Å². The van der Waals surface area contributed by atoms with Gasteiger partial charge in [0.2, 0.25) is 5.91 Å². The minimum Gasteiger partial charge on any atom is -0.378 e. The van der Waals surface area contributed by atoms with E-state index >= 15 is 0 Å². The SMILES string of the molecule is NC(=O)CCCn1ncc2c(-c3nc(N4CCOCC4)c4sc(CN5CCN(SO)CC5)cc4n3)cccc21. The Bertz CT molecular complexity index is 1460. The number of morpholine rings is 1. The van der Waals surface area contributed by atoms with Gasteiger partial charge in [-0.25, -0.2) is 14.3 Å². The number of fused-ring (bicyclic) bond motifs is 2. The largest absolute Gasteiger partial charge is 0.378 e. The van der Waals surface area contributed by atoms with Crippen LogP contribution < -0.4 is 10.6 Å². The summed E-state index contributed by atoms with van der Waals surface area (Å²) >= 11 is 2.60. The molecule has 6 rings (SSSR count). The van der Waals surface area contributed by atoms with Gasteiger partial charge in [-0.3, -0.25) is 14.4 Å². The van der Waals surface area contributed by atoms with Crippen molar-refractivity contribution in [1.29, 1.82) is 0 Å². The number of aryl methyl sites for hydroxylation is 1. The van der Waals surface area contributed by atoms with Gasteiger partial charge in [-0.15, -0.1) is 11.3 Å². The maximum atomic E-state index is 11.2. The summed E-state index contributed by atoms with van der Waals surface area (Å²) in [6.07, 6.45) is 2.84. The lowest BCUT2D eigenvalue weighted by Gasteiger charge is -2.31. The van der Waals surface area contributed by atoms with Gasteiger partial charge in [0.15, 0.2) is 11.6 Å². The number of primary amides is 1. The van der Waals surface area contributed by atoms with E-state index in [1.807, 2.05) is 33.4 Å². The van der Waals surface area contributed by atoms with Crippen LogP contribution >= 0.6 is 23.6 Å². The Kier molecular flexibility index (Phi) is 7.95. The Morgan fingerprint density at radius 1 is 1.13 bits per heavy atom. The Labute approximate surface area is 234 Å². The lowest BCUT2D eigenvalue weighted by Crippen LogP contribution is -2.42. The fourth-order valence-corrected chi connectivity index (χ4v) is 6.70. The maximum Gasteiger partial charge on any atom is 0.217 e. The number of carbonyl (C=O) groups excluding carboxylic acids is 1. The molecule has 39 heavy (non-hydrogen) atoms. The van der Waals surface area contributed by atoms with Crippen LogP contribution in [0.3, 0.4) is 0 Å². The molecule has 3 N–H and O–H groups in total. The zero-order chi connectivity index (χ0) is 26.8. The Hall–Kier alpha value is -2.81. The van der Waals surface area contributed by atoms with Gasteiger partial charge < -0.3 is 19.9 Å². The molecule has 2 aliphatic heterocycles. The van der Waals surface area contributed by atoms with Crippen molar-refractivity contribution in [3.8, 4) is 11.4 Å². The Morgan fingerprint density at radius 2 is 1.95 bits per heavy atom. The van der Waals surface area contributed by atoms with Gasteiger partial charge in [-0.2, -0.15) is 5.10 Å². The van der Waals surface area contributed by atoms with Gasteiger partial charge in [0.25, 0.3) is 0 Å². The van der Waals surface area contributed by atoms with E-state index in [1.54, 1.807) is 11.3 Å². The number of hydrogen-bond acceptors (Lipinski definition) is 11. The second-order valence-corrected chi connectivity index (χ2v) is 11.7.